The largest absolute Gasteiger partial charge is 0.508 e. The predicted octanol–water partition coefficient (Wildman–Crippen LogP) is -0.343. The molecule has 1 aromatic carbocycles. The lowest BCUT2D eigenvalue weighted by atomic mass is 10.2. The van der Waals surface area contributed by atoms with Crippen molar-refractivity contribution in [3.05, 3.63) is 27.7 Å². The van der Waals surface area contributed by atoms with E-state index in [1.807, 2.05) is 0 Å². The molecule has 0 fully saturated rings. The van der Waals surface area contributed by atoms with Gasteiger partial charge in [0.15, 0.2) is 0 Å². The van der Waals surface area contributed by atoms with Gasteiger partial charge in [0.05, 0.1) is 16.3 Å². The van der Waals surface area contributed by atoms with Crippen molar-refractivity contribution in [3.8, 4) is 5.75 Å². The Morgan fingerprint density at radius 2 is 1.65 bits per heavy atom. The van der Waals surface area contributed by atoms with Gasteiger partial charge in [-0.15, -0.1) is 5.10 Å². The zero-order valence-corrected chi connectivity index (χ0v) is 10.00. The summed E-state index contributed by atoms with van der Waals surface area (Å²) in [6, 6.07) is 2.68. The van der Waals surface area contributed by atoms with E-state index in [2.05, 4.69) is 10.2 Å². The molecule has 0 atom stereocenters. The molecule has 0 amide bonds. The summed E-state index contributed by atoms with van der Waals surface area (Å²) in [6.07, 6.45) is 1.30. The van der Waals surface area contributed by atoms with Crippen LogP contribution in [-0.2, 0) is 0 Å². The third-order valence-electron chi connectivity index (χ3n) is 1.42. The highest BCUT2D eigenvalue weighted by molar-refractivity contribution is 6.38. The van der Waals surface area contributed by atoms with Crippen LogP contribution in [0.3, 0.4) is 0 Å². The zero-order chi connectivity index (χ0) is 11.4. The first kappa shape index (κ1) is 17.8. The fourth-order valence-electron chi connectivity index (χ4n) is 0.848. The number of hydrogen-bond donors (Lipinski definition) is 3. The van der Waals surface area contributed by atoms with Crippen molar-refractivity contribution in [1.29, 1.82) is 0 Å². The van der Waals surface area contributed by atoms with Crippen molar-refractivity contribution < 1.29 is 16.1 Å². The van der Waals surface area contributed by atoms with Gasteiger partial charge in [-0.2, -0.15) is 5.10 Å². The first-order valence-corrected chi connectivity index (χ1v) is 4.56. The molecule has 0 aliphatic carbocycles. The topological polar surface area (TPSA) is 160 Å². The van der Waals surface area contributed by atoms with Crippen molar-refractivity contribution in [3.63, 3.8) is 0 Å². The van der Waals surface area contributed by atoms with E-state index in [4.69, 9.17) is 39.8 Å². The summed E-state index contributed by atoms with van der Waals surface area (Å²) < 4.78 is 0. The molecule has 7 nitrogen and oxygen atoms in total. The van der Waals surface area contributed by atoms with E-state index in [1.165, 1.54) is 18.3 Å². The Balaban J connectivity index is 0. The lowest BCUT2D eigenvalue weighted by molar-refractivity contribution is 0.475. The second-order valence-corrected chi connectivity index (χ2v) is 3.41. The van der Waals surface area contributed by atoms with Crippen molar-refractivity contribution in [2.45, 2.75) is 0 Å². The van der Waals surface area contributed by atoms with Crippen molar-refractivity contribution >= 4 is 35.4 Å². The minimum Gasteiger partial charge on any atom is -0.508 e. The molecule has 0 unspecified atom stereocenters. The van der Waals surface area contributed by atoms with E-state index >= 15 is 0 Å². The van der Waals surface area contributed by atoms with E-state index in [0.717, 1.165) is 0 Å². The molecule has 0 bridgehead atoms. The summed E-state index contributed by atoms with van der Waals surface area (Å²) in [5.41, 5.74) is 10.6. The van der Waals surface area contributed by atoms with Gasteiger partial charge in [0, 0.05) is 5.56 Å². The standard InChI is InChI=1S/C8H8Cl2N4O.2H2O/c9-6-1-4(15)2-7(10)5(6)3-13-14-8(11)12;;/h1-3,15H,(H4,11,12,14);2*1H2/b13-3+;;. The van der Waals surface area contributed by atoms with Crippen molar-refractivity contribution in [2.24, 2.45) is 21.7 Å². The van der Waals surface area contributed by atoms with Gasteiger partial charge in [0.2, 0.25) is 5.96 Å². The molecule has 0 radical (unpaired) electrons. The number of benzene rings is 1. The first-order valence-electron chi connectivity index (χ1n) is 3.80. The average molecular weight is 283 g/mol. The Morgan fingerprint density at radius 3 is 2.06 bits per heavy atom. The normalized spacial score (nSPS) is 9.29. The Morgan fingerprint density at radius 1 is 1.18 bits per heavy atom. The quantitative estimate of drug-likeness (QED) is 0.385. The summed E-state index contributed by atoms with van der Waals surface area (Å²) in [6.45, 7) is 0. The summed E-state index contributed by atoms with van der Waals surface area (Å²) in [5, 5.41) is 16.6. The number of nitrogens with zero attached hydrogens (tertiary/aromatic N) is 2. The Kier molecular flexibility index (Phi) is 8.07. The monoisotopic (exact) mass is 282 g/mol. The molecule has 0 aliphatic heterocycles. The fraction of sp³-hybridized carbons (Fsp3) is 0. The van der Waals surface area contributed by atoms with E-state index in [0.29, 0.717) is 5.56 Å². The van der Waals surface area contributed by atoms with Crippen molar-refractivity contribution in [1.82, 2.24) is 0 Å². The highest BCUT2D eigenvalue weighted by Crippen LogP contribution is 2.28. The predicted molar refractivity (Wildman–Crippen MR) is 68.8 cm³/mol. The number of nitrogens with two attached hydrogens (primary N) is 2. The number of aromatic hydroxyl groups is 1. The van der Waals surface area contributed by atoms with Gasteiger partial charge < -0.3 is 27.5 Å². The smallest absolute Gasteiger partial charge is 0.211 e. The van der Waals surface area contributed by atoms with Crippen LogP contribution in [-0.4, -0.2) is 28.2 Å². The van der Waals surface area contributed by atoms with Crippen LogP contribution < -0.4 is 11.5 Å². The lowest BCUT2D eigenvalue weighted by Gasteiger charge is -2.01. The molecule has 0 aromatic heterocycles. The molecule has 0 spiro atoms. The molecule has 9 N–H and O–H groups in total. The highest BCUT2D eigenvalue weighted by atomic mass is 35.5. The number of hydrogen-bond acceptors (Lipinski definition) is 3. The van der Waals surface area contributed by atoms with E-state index in [-0.39, 0.29) is 32.7 Å². The van der Waals surface area contributed by atoms with Gasteiger partial charge in [0.25, 0.3) is 0 Å². The number of halogens is 2. The Labute approximate surface area is 107 Å². The number of rotatable bonds is 2. The lowest BCUT2D eigenvalue weighted by Crippen LogP contribution is -2.21. The minimum absolute atomic E-state index is 0. The van der Waals surface area contributed by atoms with Gasteiger partial charge in [-0.1, -0.05) is 23.2 Å². The molecule has 1 rings (SSSR count). The van der Waals surface area contributed by atoms with Crippen LogP contribution in [0, 0.1) is 0 Å². The van der Waals surface area contributed by atoms with Gasteiger partial charge in [-0.3, -0.25) is 0 Å². The van der Waals surface area contributed by atoms with E-state index in [9.17, 15) is 0 Å². The third kappa shape index (κ3) is 5.36. The molecule has 1 aromatic rings. The van der Waals surface area contributed by atoms with Gasteiger partial charge in [-0.05, 0) is 12.1 Å². The molecule has 9 heteroatoms. The first-order chi connectivity index (χ1) is 7.00. The molecule has 0 aliphatic rings. The van der Waals surface area contributed by atoms with Crippen molar-refractivity contribution in [2.75, 3.05) is 0 Å². The minimum atomic E-state index is -0.169. The SMILES string of the molecule is NC(N)=N/N=C/c1c(Cl)cc(O)cc1Cl.O.O. The second-order valence-electron chi connectivity index (χ2n) is 2.59. The van der Waals surface area contributed by atoms with E-state index in [1.54, 1.807) is 0 Å². The van der Waals surface area contributed by atoms with Crippen LogP contribution in [0.15, 0.2) is 22.3 Å². The van der Waals surface area contributed by atoms with Gasteiger partial charge in [0.1, 0.15) is 5.75 Å². The van der Waals surface area contributed by atoms with Crippen LogP contribution in [0.1, 0.15) is 5.56 Å². The summed E-state index contributed by atoms with van der Waals surface area (Å²) >= 11 is 11.6. The van der Waals surface area contributed by atoms with Gasteiger partial charge in [-0.25, -0.2) is 0 Å². The van der Waals surface area contributed by atoms with Crippen LogP contribution >= 0.6 is 23.2 Å². The van der Waals surface area contributed by atoms with Gasteiger partial charge >= 0.3 is 0 Å². The molecule has 0 saturated heterocycles. The highest BCUT2D eigenvalue weighted by Gasteiger charge is 2.05. The third-order valence-corrected chi connectivity index (χ3v) is 2.05. The molecule has 96 valence electrons. The molecular weight excluding hydrogens is 271 g/mol. The summed E-state index contributed by atoms with van der Waals surface area (Å²) in [7, 11) is 0. The maximum absolute atomic E-state index is 9.15. The molecular formula is C8H12Cl2N4O3. The average Bonchev–Trinajstić information content (AvgIpc) is 2.08. The van der Waals surface area contributed by atoms with E-state index < -0.39 is 0 Å². The number of guanidine groups is 1. The van der Waals surface area contributed by atoms with Crippen LogP contribution in [0.25, 0.3) is 0 Å². The molecule has 17 heavy (non-hydrogen) atoms. The number of phenolic OH excluding ortho intramolecular Hbond substituents is 1. The molecule has 0 heterocycles. The Hall–Kier alpha value is -1.54. The zero-order valence-electron chi connectivity index (χ0n) is 8.48. The van der Waals surface area contributed by atoms with Crippen LogP contribution in [0.4, 0.5) is 0 Å². The maximum Gasteiger partial charge on any atom is 0.211 e. The summed E-state index contributed by atoms with van der Waals surface area (Å²) in [5.74, 6) is -0.193. The van der Waals surface area contributed by atoms with Crippen LogP contribution in [0.5, 0.6) is 5.75 Å². The van der Waals surface area contributed by atoms with Crippen LogP contribution in [0.2, 0.25) is 10.0 Å². The number of phenols is 1. The summed E-state index contributed by atoms with van der Waals surface area (Å²) in [4.78, 5) is 0. The Bertz CT molecular complexity index is 410. The molecule has 0 saturated carbocycles. The fourth-order valence-corrected chi connectivity index (χ4v) is 1.42. The second kappa shape index (κ2) is 7.69. The maximum atomic E-state index is 9.15.